The first kappa shape index (κ1) is 22.6. The maximum atomic E-state index is 12.7. The second-order valence-corrected chi connectivity index (χ2v) is 10.8. The number of nitrogens with zero attached hydrogens (tertiary/aromatic N) is 2. The Balaban J connectivity index is 1.74. The van der Waals surface area contributed by atoms with Crippen LogP contribution >= 0.6 is 34.7 Å². The van der Waals surface area contributed by atoms with Gasteiger partial charge in [0.05, 0.1) is 11.4 Å². The molecule has 0 spiro atoms. The van der Waals surface area contributed by atoms with Crippen LogP contribution in [-0.4, -0.2) is 49.2 Å². The highest BCUT2D eigenvalue weighted by atomic mass is 35.5. The summed E-state index contributed by atoms with van der Waals surface area (Å²) in [5.41, 5.74) is 0.535. The van der Waals surface area contributed by atoms with E-state index in [2.05, 4.69) is 9.71 Å². The lowest BCUT2D eigenvalue weighted by molar-refractivity contribution is -0.128. The molecule has 8 nitrogen and oxygen atoms in total. The lowest BCUT2D eigenvalue weighted by Gasteiger charge is -2.13. The molecule has 12 heteroatoms. The molecule has 0 aliphatic carbocycles. The van der Waals surface area contributed by atoms with Gasteiger partial charge in [-0.1, -0.05) is 29.4 Å². The van der Waals surface area contributed by atoms with Crippen LogP contribution < -0.4 is 10.1 Å². The molecule has 0 bridgehead atoms. The van der Waals surface area contributed by atoms with E-state index in [1.807, 2.05) is 0 Å². The van der Waals surface area contributed by atoms with Crippen molar-refractivity contribution in [1.82, 2.24) is 4.90 Å². The summed E-state index contributed by atoms with van der Waals surface area (Å²) in [4.78, 5) is 26.4. The second-order valence-electron chi connectivity index (χ2n) is 6.08. The summed E-state index contributed by atoms with van der Waals surface area (Å²) in [7, 11) is -2.48. The standard InChI is InChI=1S/C18H18ClN3O5S3/c1-3-22-17(24)13(10-15(23)20-11-5-4-6-12(9-11)27-2)28-18(22)21-30(25,26)16-8-7-14(19)29-16/h4-9,13H,3,10H2,1-2H3,(H,20,23)/b21-18+. The van der Waals surface area contributed by atoms with Crippen molar-refractivity contribution in [1.29, 1.82) is 0 Å². The first-order chi connectivity index (χ1) is 14.2. The van der Waals surface area contributed by atoms with E-state index in [-0.39, 0.29) is 34.2 Å². The van der Waals surface area contributed by atoms with E-state index in [0.717, 1.165) is 23.1 Å². The number of carbonyl (C=O) groups excluding carboxylic acids is 2. The van der Waals surface area contributed by atoms with E-state index in [1.54, 1.807) is 31.2 Å². The van der Waals surface area contributed by atoms with E-state index < -0.39 is 15.3 Å². The minimum Gasteiger partial charge on any atom is -0.497 e. The van der Waals surface area contributed by atoms with Crippen molar-refractivity contribution in [3.8, 4) is 5.75 Å². The number of hydrogen-bond acceptors (Lipinski definition) is 7. The number of ether oxygens (including phenoxy) is 1. The number of anilines is 1. The number of hydrogen-bond donors (Lipinski definition) is 1. The maximum Gasteiger partial charge on any atom is 0.294 e. The smallest absolute Gasteiger partial charge is 0.294 e. The van der Waals surface area contributed by atoms with Gasteiger partial charge in [-0.15, -0.1) is 15.7 Å². The molecule has 1 aliphatic rings. The van der Waals surface area contributed by atoms with Crippen molar-refractivity contribution in [2.45, 2.75) is 22.8 Å². The van der Waals surface area contributed by atoms with E-state index in [9.17, 15) is 18.0 Å². The zero-order valence-electron chi connectivity index (χ0n) is 16.0. The van der Waals surface area contributed by atoms with E-state index >= 15 is 0 Å². The monoisotopic (exact) mass is 487 g/mol. The molecule has 3 rings (SSSR count). The van der Waals surface area contributed by atoms with Gasteiger partial charge in [-0.25, -0.2) is 0 Å². The summed E-state index contributed by atoms with van der Waals surface area (Å²) in [6.45, 7) is 1.95. The molecule has 1 aromatic carbocycles. The van der Waals surface area contributed by atoms with Crippen molar-refractivity contribution >= 4 is 67.4 Å². The Bertz CT molecular complexity index is 1100. The number of thioether (sulfide) groups is 1. The number of carbonyl (C=O) groups is 2. The third-order valence-corrected chi connectivity index (χ3v) is 8.32. The Labute approximate surface area is 187 Å². The van der Waals surface area contributed by atoms with Crippen LogP contribution in [0.25, 0.3) is 0 Å². The minimum atomic E-state index is -4.00. The molecule has 1 saturated heterocycles. The molecule has 30 heavy (non-hydrogen) atoms. The number of methoxy groups -OCH3 is 1. The Morgan fingerprint density at radius 1 is 1.33 bits per heavy atom. The van der Waals surface area contributed by atoms with Gasteiger partial charge in [0.25, 0.3) is 10.0 Å². The zero-order valence-corrected chi connectivity index (χ0v) is 19.2. The van der Waals surface area contributed by atoms with Gasteiger partial charge >= 0.3 is 0 Å². The molecule has 2 amide bonds. The van der Waals surface area contributed by atoms with Crippen LogP contribution in [0.5, 0.6) is 5.75 Å². The quantitative estimate of drug-likeness (QED) is 0.641. The van der Waals surface area contributed by atoms with Crippen molar-refractivity contribution in [3.63, 3.8) is 0 Å². The summed E-state index contributed by atoms with van der Waals surface area (Å²) in [6, 6.07) is 9.67. The number of halogens is 1. The average molecular weight is 488 g/mol. The van der Waals surface area contributed by atoms with Crippen LogP contribution in [0.15, 0.2) is 45.0 Å². The predicted molar refractivity (Wildman–Crippen MR) is 119 cm³/mol. The van der Waals surface area contributed by atoms with Gasteiger partial charge in [-0.3, -0.25) is 14.5 Å². The van der Waals surface area contributed by atoms with E-state index in [4.69, 9.17) is 16.3 Å². The number of sulfonamides is 1. The van der Waals surface area contributed by atoms with Crippen LogP contribution in [0.4, 0.5) is 5.69 Å². The minimum absolute atomic E-state index is 0.0108. The predicted octanol–water partition coefficient (Wildman–Crippen LogP) is 3.45. The maximum absolute atomic E-state index is 12.7. The highest BCUT2D eigenvalue weighted by molar-refractivity contribution is 8.16. The normalized spacial score (nSPS) is 18.1. The Morgan fingerprint density at radius 3 is 2.73 bits per heavy atom. The lowest BCUT2D eigenvalue weighted by atomic mass is 10.2. The highest BCUT2D eigenvalue weighted by Crippen LogP contribution is 2.33. The molecular weight excluding hydrogens is 470 g/mol. The molecule has 0 saturated carbocycles. The summed E-state index contributed by atoms with van der Waals surface area (Å²) in [5, 5.41) is 1.99. The number of nitrogens with one attached hydrogen (secondary N) is 1. The van der Waals surface area contributed by atoms with Gasteiger partial charge in [-0.05, 0) is 31.2 Å². The number of benzene rings is 1. The highest BCUT2D eigenvalue weighted by Gasteiger charge is 2.39. The third-order valence-electron chi connectivity index (χ3n) is 4.06. The molecule has 1 aromatic heterocycles. The van der Waals surface area contributed by atoms with Crippen LogP contribution in [0.2, 0.25) is 4.34 Å². The van der Waals surface area contributed by atoms with Crippen molar-refractivity contribution in [2.24, 2.45) is 4.40 Å². The molecule has 160 valence electrons. The van der Waals surface area contributed by atoms with Crippen LogP contribution in [0, 0.1) is 0 Å². The summed E-state index contributed by atoms with van der Waals surface area (Å²) < 4.78 is 34.3. The molecule has 1 N–H and O–H groups in total. The SMILES string of the molecule is CCN1C(=O)C(CC(=O)Nc2cccc(OC)c2)S/C1=N/S(=O)(=O)c1ccc(Cl)s1. The molecule has 1 aliphatic heterocycles. The number of rotatable bonds is 7. The fourth-order valence-electron chi connectivity index (χ4n) is 2.67. The van der Waals surface area contributed by atoms with Gasteiger partial charge in [-0.2, -0.15) is 8.42 Å². The van der Waals surface area contributed by atoms with E-state index in [0.29, 0.717) is 15.8 Å². The summed E-state index contributed by atoms with van der Waals surface area (Å²) in [6.07, 6.45) is -0.124. The molecule has 1 unspecified atom stereocenters. The van der Waals surface area contributed by atoms with Gasteiger partial charge in [0, 0.05) is 24.7 Å². The molecular formula is C18H18ClN3O5S3. The second kappa shape index (κ2) is 9.38. The molecule has 1 atom stereocenters. The number of amides is 2. The summed E-state index contributed by atoms with van der Waals surface area (Å²) >= 11 is 7.66. The van der Waals surface area contributed by atoms with Gasteiger partial charge < -0.3 is 10.1 Å². The van der Waals surface area contributed by atoms with Crippen LogP contribution in [0.1, 0.15) is 13.3 Å². The van der Waals surface area contributed by atoms with E-state index in [1.165, 1.54) is 24.1 Å². The fraction of sp³-hybridized carbons (Fsp3) is 0.278. The molecule has 1 fully saturated rings. The van der Waals surface area contributed by atoms with Gasteiger partial charge in [0.15, 0.2) is 5.17 Å². The van der Waals surface area contributed by atoms with Gasteiger partial charge in [0.1, 0.15) is 15.2 Å². The average Bonchev–Trinajstić information content (AvgIpc) is 3.25. The van der Waals surface area contributed by atoms with Crippen LogP contribution in [-0.2, 0) is 19.6 Å². The summed E-state index contributed by atoms with van der Waals surface area (Å²) in [5.74, 6) is -0.148. The Hall–Kier alpha value is -2.08. The Morgan fingerprint density at radius 2 is 2.10 bits per heavy atom. The zero-order chi connectivity index (χ0) is 21.9. The van der Waals surface area contributed by atoms with Gasteiger partial charge in [0.2, 0.25) is 11.8 Å². The number of thiophene rings is 1. The van der Waals surface area contributed by atoms with Crippen molar-refractivity contribution < 1.29 is 22.7 Å². The largest absolute Gasteiger partial charge is 0.497 e. The lowest BCUT2D eigenvalue weighted by Crippen LogP contribution is -2.33. The third kappa shape index (κ3) is 5.15. The topological polar surface area (TPSA) is 105 Å². The fourth-order valence-corrected chi connectivity index (χ4v) is 6.55. The van der Waals surface area contributed by atoms with Crippen molar-refractivity contribution in [3.05, 3.63) is 40.7 Å². The first-order valence-electron chi connectivity index (χ1n) is 8.75. The van der Waals surface area contributed by atoms with Crippen molar-refractivity contribution in [2.75, 3.05) is 19.0 Å². The molecule has 2 aromatic rings. The molecule has 2 heterocycles. The van der Waals surface area contributed by atoms with Crippen LogP contribution in [0.3, 0.4) is 0 Å². The molecule has 0 radical (unpaired) electrons. The number of amidine groups is 1. The first-order valence-corrected chi connectivity index (χ1v) is 12.3. The Kier molecular flexibility index (Phi) is 7.06.